The number of aryl methyl sites for hydroxylation is 2. The Kier molecular flexibility index (Phi) is 2.93. The fraction of sp³-hybridized carbons (Fsp3) is 0.500. The maximum atomic E-state index is 11.2. The molecule has 0 fully saturated rings. The van der Waals surface area contributed by atoms with Gasteiger partial charge in [-0.25, -0.2) is 0 Å². The number of halogens is 1. The number of alkyl halides is 1. The number of anilines is 1. The standard InChI is InChI=1S/C8H12ClN3O/c1-4(9)8(13)10-7-5(2)11-12-6(7)3/h4H,1-3H3,(H,10,13)(H,11,12). The third-order valence-electron chi connectivity index (χ3n) is 1.74. The highest BCUT2D eigenvalue weighted by molar-refractivity contribution is 6.32. The quantitative estimate of drug-likeness (QED) is 0.714. The molecule has 0 saturated carbocycles. The smallest absolute Gasteiger partial charge is 0.242 e. The lowest BCUT2D eigenvalue weighted by Gasteiger charge is -2.05. The Bertz CT molecular complexity index is 300. The molecule has 0 spiro atoms. The van der Waals surface area contributed by atoms with Gasteiger partial charge in [0.15, 0.2) is 0 Å². The van der Waals surface area contributed by atoms with Gasteiger partial charge in [0.2, 0.25) is 5.91 Å². The van der Waals surface area contributed by atoms with Crippen LogP contribution in [0, 0.1) is 13.8 Å². The second kappa shape index (κ2) is 3.79. The minimum atomic E-state index is -0.534. The predicted octanol–water partition coefficient (Wildman–Crippen LogP) is 1.59. The van der Waals surface area contributed by atoms with Crippen molar-refractivity contribution in [3.8, 4) is 0 Å². The molecule has 0 bridgehead atoms. The summed E-state index contributed by atoms with van der Waals surface area (Å²) in [6.45, 7) is 5.29. The SMILES string of the molecule is Cc1n[nH]c(C)c1NC(=O)C(C)Cl. The number of hydrogen-bond acceptors (Lipinski definition) is 2. The summed E-state index contributed by atoms with van der Waals surface area (Å²) in [5.74, 6) is -0.214. The van der Waals surface area contributed by atoms with Crippen LogP contribution in [0.15, 0.2) is 0 Å². The summed E-state index contributed by atoms with van der Waals surface area (Å²) in [6.07, 6.45) is 0. The summed E-state index contributed by atoms with van der Waals surface area (Å²) < 4.78 is 0. The first-order chi connectivity index (χ1) is 6.02. The normalized spacial score (nSPS) is 12.6. The molecule has 0 aromatic carbocycles. The molecular formula is C8H12ClN3O. The zero-order valence-corrected chi connectivity index (χ0v) is 8.57. The van der Waals surface area contributed by atoms with Crippen molar-refractivity contribution in [3.05, 3.63) is 11.4 Å². The molecular weight excluding hydrogens is 190 g/mol. The van der Waals surface area contributed by atoms with Crippen molar-refractivity contribution in [2.24, 2.45) is 0 Å². The van der Waals surface area contributed by atoms with E-state index in [1.165, 1.54) is 0 Å². The second-order valence-electron chi connectivity index (χ2n) is 2.91. The first kappa shape index (κ1) is 10.1. The summed E-state index contributed by atoms with van der Waals surface area (Å²) in [7, 11) is 0. The molecule has 0 aliphatic heterocycles. The monoisotopic (exact) mass is 201 g/mol. The molecule has 0 aliphatic carbocycles. The molecule has 1 aromatic rings. The van der Waals surface area contributed by atoms with Crippen molar-refractivity contribution in [2.45, 2.75) is 26.1 Å². The van der Waals surface area contributed by atoms with Gasteiger partial charge in [0.25, 0.3) is 0 Å². The van der Waals surface area contributed by atoms with Crippen LogP contribution in [0.3, 0.4) is 0 Å². The number of carbonyl (C=O) groups is 1. The zero-order chi connectivity index (χ0) is 10.0. The number of hydrogen-bond donors (Lipinski definition) is 2. The molecule has 1 heterocycles. The summed E-state index contributed by atoms with van der Waals surface area (Å²) in [5, 5.41) is 8.88. The second-order valence-corrected chi connectivity index (χ2v) is 3.57. The number of amides is 1. The van der Waals surface area contributed by atoms with E-state index in [1.807, 2.05) is 13.8 Å². The van der Waals surface area contributed by atoms with E-state index in [0.29, 0.717) is 0 Å². The summed E-state index contributed by atoms with van der Waals surface area (Å²) >= 11 is 5.61. The van der Waals surface area contributed by atoms with E-state index in [9.17, 15) is 4.79 Å². The average molecular weight is 202 g/mol. The number of rotatable bonds is 2. The van der Waals surface area contributed by atoms with Crippen LogP contribution in [0.2, 0.25) is 0 Å². The third kappa shape index (κ3) is 2.21. The first-order valence-electron chi connectivity index (χ1n) is 3.99. The predicted molar refractivity (Wildman–Crippen MR) is 52.0 cm³/mol. The van der Waals surface area contributed by atoms with Gasteiger partial charge < -0.3 is 5.32 Å². The van der Waals surface area contributed by atoms with Gasteiger partial charge in [-0.3, -0.25) is 9.89 Å². The lowest BCUT2D eigenvalue weighted by molar-refractivity contribution is -0.115. The molecule has 1 unspecified atom stereocenters. The van der Waals surface area contributed by atoms with E-state index < -0.39 is 5.38 Å². The van der Waals surface area contributed by atoms with Gasteiger partial charge in [-0.2, -0.15) is 5.10 Å². The Morgan fingerprint density at radius 3 is 2.62 bits per heavy atom. The topological polar surface area (TPSA) is 57.8 Å². The van der Waals surface area contributed by atoms with E-state index in [2.05, 4.69) is 15.5 Å². The molecule has 0 radical (unpaired) electrons. The largest absolute Gasteiger partial charge is 0.322 e. The molecule has 4 nitrogen and oxygen atoms in total. The Balaban J connectivity index is 2.79. The highest BCUT2D eigenvalue weighted by Gasteiger charge is 2.13. The maximum absolute atomic E-state index is 11.2. The van der Waals surface area contributed by atoms with E-state index >= 15 is 0 Å². The van der Waals surface area contributed by atoms with E-state index in [1.54, 1.807) is 6.92 Å². The fourth-order valence-electron chi connectivity index (χ4n) is 0.958. The maximum Gasteiger partial charge on any atom is 0.242 e. The van der Waals surface area contributed by atoms with Crippen molar-refractivity contribution in [1.29, 1.82) is 0 Å². The number of aromatic amines is 1. The minimum Gasteiger partial charge on any atom is -0.322 e. The summed E-state index contributed by atoms with van der Waals surface area (Å²) in [4.78, 5) is 11.2. The van der Waals surface area contributed by atoms with Crippen LogP contribution in [0.5, 0.6) is 0 Å². The third-order valence-corrected chi connectivity index (χ3v) is 1.94. The van der Waals surface area contributed by atoms with Crippen molar-refractivity contribution < 1.29 is 4.79 Å². The number of aromatic nitrogens is 2. The first-order valence-corrected chi connectivity index (χ1v) is 4.42. The van der Waals surface area contributed by atoms with Crippen molar-refractivity contribution in [2.75, 3.05) is 5.32 Å². The highest BCUT2D eigenvalue weighted by atomic mass is 35.5. The van der Waals surface area contributed by atoms with Crippen molar-refractivity contribution >= 4 is 23.2 Å². The summed E-state index contributed by atoms with van der Waals surface area (Å²) in [6, 6.07) is 0. The molecule has 1 amide bonds. The lowest BCUT2D eigenvalue weighted by atomic mass is 10.3. The number of H-pyrrole nitrogens is 1. The Hall–Kier alpha value is -1.03. The zero-order valence-electron chi connectivity index (χ0n) is 7.81. The van der Waals surface area contributed by atoms with Crippen LogP contribution in [0.25, 0.3) is 0 Å². The molecule has 0 saturated heterocycles. The molecule has 0 aliphatic rings. The van der Waals surface area contributed by atoms with Gasteiger partial charge in [0, 0.05) is 0 Å². The van der Waals surface area contributed by atoms with E-state index in [4.69, 9.17) is 11.6 Å². The Morgan fingerprint density at radius 1 is 1.62 bits per heavy atom. The molecule has 13 heavy (non-hydrogen) atoms. The van der Waals surface area contributed by atoms with E-state index in [0.717, 1.165) is 17.1 Å². The molecule has 1 rings (SSSR count). The van der Waals surface area contributed by atoms with Crippen LogP contribution in [-0.2, 0) is 4.79 Å². The van der Waals surface area contributed by atoms with Gasteiger partial charge in [-0.05, 0) is 20.8 Å². The van der Waals surface area contributed by atoms with Gasteiger partial charge in [-0.15, -0.1) is 11.6 Å². The minimum absolute atomic E-state index is 0.214. The van der Waals surface area contributed by atoms with Gasteiger partial charge >= 0.3 is 0 Å². The number of carbonyl (C=O) groups excluding carboxylic acids is 1. The fourth-order valence-corrected chi connectivity index (χ4v) is 1.01. The van der Waals surface area contributed by atoms with Crippen LogP contribution < -0.4 is 5.32 Å². The molecule has 5 heteroatoms. The average Bonchev–Trinajstić information content (AvgIpc) is 2.35. The van der Waals surface area contributed by atoms with E-state index in [-0.39, 0.29) is 5.91 Å². The van der Waals surface area contributed by atoms with Crippen molar-refractivity contribution in [3.63, 3.8) is 0 Å². The highest BCUT2D eigenvalue weighted by Crippen LogP contribution is 2.16. The molecule has 1 atom stereocenters. The van der Waals surface area contributed by atoms with Gasteiger partial charge in [0.05, 0.1) is 17.1 Å². The number of nitrogens with one attached hydrogen (secondary N) is 2. The number of nitrogens with zero attached hydrogens (tertiary/aromatic N) is 1. The summed E-state index contributed by atoms with van der Waals surface area (Å²) in [5.41, 5.74) is 2.32. The molecule has 2 N–H and O–H groups in total. The van der Waals surface area contributed by atoms with Crippen LogP contribution >= 0.6 is 11.6 Å². The molecule has 1 aromatic heterocycles. The lowest BCUT2D eigenvalue weighted by Crippen LogP contribution is -2.20. The van der Waals surface area contributed by atoms with Crippen LogP contribution in [0.1, 0.15) is 18.3 Å². The molecule has 72 valence electrons. The van der Waals surface area contributed by atoms with Gasteiger partial charge in [-0.1, -0.05) is 0 Å². The van der Waals surface area contributed by atoms with Crippen LogP contribution in [-0.4, -0.2) is 21.5 Å². The Labute approximate surface area is 81.7 Å². The van der Waals surface area contributed by atoms with Crippen molar-refractivity contribution in [1.82, 2.24) is 10.2 Å². The Morgan fingerprint density at radius 2 is 2.23 bits per heavy atom. The van der Waals surface area contributed by atoms with Crippen LogP contribution in [0.4, 0.5) is 5.69 Å². The van der Waals surface area contributed by atoms with Gasteiger partial charge in [0.1, 0.15) is 5.38 Å².